The molecule has 1 aliphatic heterocycles. The van der Waals surface area contributed by atoms with Gasteiger partial charge >= 0.3 is 0 Å². The van der Waals surface area contributed by atoms with Crippen molar-refractivity contribution in [1.82, 2.24) is 0 Å². The van der Waals surface area contributed by atoms with Gasteiger partial charge in [0.25, 0.3) is 0 Å². The first kappa shape index (κ1) is 13.9. The third-order valence-corrected chi connectivity index (χ3v) is 4.84. The summed E-state index contributed by atoms with van der Waals surface area (Å²) in [4.78, 5) is 0. The highest BCUT2D eigenvalue weighted by molar-refractivity contribution is 5.41. The van der Waals surface area contributed by atoms with E-state index in [-0.39, 0.29) is 12.2 Å². The molecule has 1 aromatic carbocycles. The number of aliphatic hydroxyl groups is 1. The molecule has 1 aliphatic carbocycles. The first-order valence-corrected chi connectivity index (χ1v) is 8.20. The number of ether oxygens (including phenoxy) is 1. The highest BCUT2D eigenvalue weighted by Gasteiger charge is 2.22. The van der Waals surface area contributed by atoms with Gasteiger partial charge in [-0.3, -0.25) is 0 Å². The molecule has 1 N–H and O–H groups in total. The fourth-order valence-electron chi connectivity index (χ4n) is 3.70. The van der Waals surface area contributed by atoms with Gasteiger partial charge < -0.3 is 9.84 Å². The van der Waals surface area contributed by atoms with Crippen molar-refractivity contribution in [2.45, 2.75) is 70.5 Å². The number of aliphatic hydroxyl groups excluding tert-OH is 1. The molecule has 0 bridgehead atoms. The van der Waals surface area contributed by atoms with Gasteiger partial charge in [0.15, 0.2) is 0 Å². The predicted octanol–water partition coefficient (Wildman–Crippen LogP) is 4.40. The van der Waals surface area contributed by atoms with Crippen LogP contribution < -0.4 is 4.74 Å². The predicted molar refractivity (Wildman–Crippen MR) is 81.0 cm³/mol. The van der Waals surface area contributed by atoms with Crippen molar-refractivity contribution in [3.63, 3.8) is 0 Å². The van der Waals surface area contributed by atoms with Crippen molar-refractivity contribution in [2.75, 3.05) is 0 Å². The molecule has 2 aliphatic rings. The number of benzene rings is 1. The van der Waals surface area contributed by atoms with Crippen LogP contribution >= 0.6 is 0 Å². The van der Waals surface area contributed by atoms with Gasteiger partial charge in [-0.25, -0.2) is 0 Å². The van der Waals surface area contributed by atoms with Crippen LogP contribution in [0.2, 0.25) is 0 Å². The minimum absolute atomic E-state index is 0.277. The zero-order chi connectivity index (χ0) is 13.9. The van der Waals surface area contributed by atoms with Crippen LogP contribution in [0.4, 0.5) is 0 Å². The molecule has 110 valence electrons. The Morgan fingerprint density at radius 2 is 1.95 bits per heavy atom. The number of rotatable bonds is 3. The Kier molecular flexibility index (Phi) is 4.30. The lowest BCUT2D eigenvalue weighted by molar-refractivity contribution is 0.139. The van der Waals surface area contributed by atoms with Crippen LogP contribution in [-0.2, 0) is 6.42 Å². The van der Waals surface area contributed by atoms with Crippen LogP contribution in [0.5, 0.6) is 5.75 Å². The van der Waals surface area contributed by atoms with E-state index in [0.717, 1.165) is 24.2 Å². The first-order chi connectivity index (χ1) is 9.72. The van der Waals surface area contributed by atoms with Crippen molar-refractivity contribution in [3.05, 3.63) is 29.3 Å². The molecule has 0 radical (unpaired) electrons. The number of hydrogen-bond acceptors (Lipinski definition) is 2. The van der Waals surface area contributed by atoms with E-state index in [0.29, 0.717) is 5.92 Å². The maximum Gasteiger partial charge on any atom is 0.123 e. The molecule has 1 heterocycles. The summed E-state index contributed by atoms with van der Waals surface area (Å²) in [5.74, 6) is 1.71. The molecule has 1 fully saturated rings. The van der Waals surface area contributed by atoms with Crippen LogP contribution in [0, 0.1) is 5.92 Å². The van der Waals surface area contributed by atoms with Crippen LogP contribution in [0.25, 0.3) is 0 Å². The monoisotopic (exact) mass is 274 g/mol. The first-order valence-electron chi connectivity index (χ1n) is 8.20. The van der Waals surface area contributed by atoms with E-state index >= 15 is 0 Å². The Morgan fingerprint density at radius 1 is 1.20 bits per heavy atom. The lowest BCUT2D eigenvalue weighted by Gasteiger charge is -2.19. The average Bonchev–Trinajstić information content (AvgIpc) is 2.62. The van der Waals surface area contributed by atoms with Gasteiger partial charge in [0.2, 0.25) is 0 Å². The highest BCUT2D eigenvalue weighted by Crippen LogP contribution is 2.35. The van der Waals surface area contributed by atoms with E-state index in [4.69, 9.17) is 4.74 Å². The van der Waals surface area contributed by atoms with E-state index in [1.165, 1.54) is 44.1 Å². The molecule has 0 aromatic heterocycles. The van der Waals surface area contributed by atoms with E-state index in [9.17, 15) is 5.11 Å². The van der Waals surface area contributed by atoms with Gasteiger partial charge in [0.05, 0.1) is 6.10 Å². The largest absolute Gasteiger partial charge is 0.490 e. The summed E-state index contributed by atoms with van der Waals surface area (Å²) in [6, 6.07) is 6.23. The average molecular weight is 274 g/mol. The second-order valence-electron chi connectivity index (χ2n) is 6.61. The van der Waals surface area contributed by atoms with Gasteiger partial charge in [-0.05, 0) is 42.5 Å². The van der Waals surface area contributed by atoms with Crippen molar-refractivity contribution >= 4 is 0 Å². The summed E-state index contributed by atoms with van der Waals surface area (Å²) in [5.41, 5.74) is 2.33. The normalized spacial score (nSPS) is 24.8. The molecule has 0 amide bonds. The SMILES string of the molecule is CC1Cc2cc(C(O)CC3CCCCCC3)ccc2O1. The molecule has 2 heteroatoms. The lowest BCUT2D eigenvalue weighted by atomic mass is 9.90. The van der Waals surface area contributed by atoms with Crippen LogP contribution in [0.1, 0.15) is 69.1 Å². The van der Waals surface area contributed by atoms with E-state index < -0.39 is 0 Å². The fraction of sp³-hybridized carbons (Fsp3) is 0.667. The molecule has 1 aromatic rings. The fourth-order valence-corrected chi connectivity index (χ4v) is 3.70. The zero-order valence-electron chi connectivity index (χ0n) is 12.5. The van der Waals surface area contributed by atoms with E-state index in [1.54, 1.807) is 0 Å². The summed E-state index contributed by atoms with van der Waals surface area (Å²) < 4.78 is 5.73. The number of hydrogen-bond donors (Lipinski definition) is 1. The van der Waals surface area contributed by atoms with Crippen LogP contribution in [0.15, 0.2) is 18.2 Å². The van der Waals surface area contributed by atoms with Crippen molar-refractivity contribution in [3.8, 4) is 5.75 Å². The maximum atomic E-state index is 10.5. The van der Waals surface area contributed by atoms with Crippen LogP contribution in [-0.4, -0.2) is 11.2 Å². The Morgan fingerprint density at radius 3 is 2.70 bits per heavy atom. The molecule has 1 saturated carbocycles. The van der Waals surface area contributed by atoms with Crippen molar-refractivity contribution in [1.29, 1.82) is 0 Å². The summed E-state index contributed by atoms with van der Waals surface area (Å²) in [7, 11) is 0. The summed E-state index contributed by atoms with van der Waals surface area (Å²) >= 11 is 0. The maximum absolute atomic E-state index is 10.5. The summed E-state index contributed by atoms with van der Waals surface area (Å²) in [6.45, 7) is 2.10. The zero-order valence-corrected chi connectivity index (χ0v) is 12.5. The highest BCUT2D eigenvalue weighted by atomic mass is 16.5. The number of fused-ring (bicyclic) bond motifs is 1. The van der Waals surface area contributed by atoms with Crippen molar-refractivity contribution in [2.24, 2.45) is 5.92 Å². The minimum atomic E-state index is -0.306. The second kappa shape index (κ2) is 6.17. The second-order valence-corrected chi connectivity index (χ2v) is 6.61. The third kappa shape index (κ3) is 3.17. The Hall–Kier alpha value is -1.02. The smallest absolute Gasteiger partial charge is 0.123 e. The molecule has 3 rings (SSSR count). The molecule has 2 unspecified atom stereocenters. The van der Waals surface area contributed by atoms with Gasteiger partial charge in [-0.15, -0.1) is 0 Å². The molecule has 2 atom stereocenters. The topological polar surface area (TPSA) is 29.5 Å². The van der Waals surface area contributed by atoms with E-state index in [2.05, 4.69) is 13.0 Å². The summed E-state index contributed by atoms with van der Waals surface area (Å²) in [5, 5.41) is 10.5. The standard InChI is InChI=1S/C18H26O2/c1-13-10-16-12-15(8-9-18(16)20-13)17(19)11-14-6-4-2-3-5-7-14/h8-9,12-14,17,19H,2-7,10-11H2,1H3. The molecule has 0 saturated heterocycles. The van der Waals surface area contributed by atoms with E-state index in [1.807, 2.05) is 12.1 Å². The lowest BCUT2D eigenvalue weighted by Crippen LogP contribution is -2.07. The van der Waals surface area contributed by atoms with Gasteiger partial charge in [-0.2, -0.15) is 0 Å². The summed E-state index contributed by atoms with van der Waals surface area (Å²) in [6.07, 6.45) is 9.89. The van der Waals surface area contributed by atoms with Gasteiger partial charge in [-0.1, -0.05) is 44.6 Å². The Balaban J connectivity index is 1.65. The molecule has 2 nitrogen and oxygen atoms in total. The molecule has 0 spiro atoms. The van der Waals surface area contributed by atoms with Gasteiger partial charge in [0.1, 0.15) is 11.9 Å². The Bertz CT molecular complexity index is 447. The third-order valence-electron chi connectivity index (χ3n) is 4.84. The quantitative estimate of drug-likeness (QED) is 0.828. The minimum Gasteiger partial charge on any atom is -0.490 e. The molecular weight excluding hydrogens is 248 g/mol. The van der Waals surface area contributed by atoms with Crippen LogP contribution in [0.3, 0.4) is 0 Å². The molecular formula is C18H26O2. The van der Waals surface area contributed by atoms with Crippen molar-refractivity contribution < 1.29 is 9.84 Å². The molecule has 20 heavy (non-hydrogen) atoms. The van der Waals surface area contributed by atoms with Gasteiger partial charge in [0, 0.05) is 6.42 Å². The Labute approximate surface area is 122 Å².